The van der Waals surface area contributed by atoms with Crippen molar-refractivity contribution in [2.45, 2.75) is 25.9 Å². The van der Waals surface area contributed by atoms with Crippen molar-refractivity contribution in [2.24, 2.45) is 0 Å². The number of nitrogens with one attached hydrogen (secondary N) is 1. The van der Waals surface area contributed by atoms with Gasteiger partial charge in [-0.3, -0.25) is 10.3 Å². The molecule has 32 heavy (non-hydrogen) atoms. The Morgan fingerprint density at radius 3 is 2.78 bits per heavy atom. The number of anilines is 3. The first kappa shape index (κ1) is 20.1. The molecule has 1 unspecified atom stereocenters. The maximum absolute atomic E-state index is 6.29. The van der Waals surface area contributed by atoms with E-state index in [4.69, 9.17) is 18.9 Å². The van der Waals surface area contributed by atoms with Crippen molar-refractivity contribution >= 4 is 28.8 Å². The van der Waals surface area contributed by atoms with Crippen LogP contribution in [0.4, 0.5) is 17.7 Å². The van der Waals surface area contributed by atoms with Gasteiger partial charge in [-0.25, -0.2) is 4.98 Å². The summed E-state index contributed by atoms with van der Waals surface area (Å²) in [5.74, 6) is 2.92. The Balaban J connectivity index is 1.28. The second-order valence-electron chi connectivity index (χ2n) is 7.58. The molecule has 3 heterocycles. The molecular weight excluding hydrogens is 406 g/mol. The minimum Gasteiger partial charge on any atom is -0.490 e. The van der Waals surface area contributed by atoms with Crippen molar-refractivity contribution in [1.82, 2.24) is 15.0 Å². The summed E-state index contributed by atoms with van der Waals surface area (Å²) in [6.07, 6.45) is 5.46. The summed E-state index contributed by atoms with van der Waals surface area (Å²) in [4.78, 5) is 15.7. The van der Waals surface area contributed by atoms with Crippen molar-refractivity contribution in [3.8, 4) is 11.5 Å². The molecular formula is C24H25N5O3. The number of fused-ring (bicyclic) bond motifs is 1. The van der Waals surface area contributed by atoms with Gasteiger partial charge in [0, 0.05) is 6.54 Å². The first-order chi connectivity index (χ1) is 15.8. The Hall–Kier alpha value is -3.81. The number of hydrogen-bond donors (Lipinski definition) is 1. The molecule has 0 saturated carbocycles. The lowest BCUT2D eigenvalue weighted by Crippen LogP contribution is -2.41. The van der Waals surface area contributed by atoms with Crippen molar-refractivity contribution < 1.29 is 13.9 Å². The van der Waals surface area contributed by atoms with Gasteiger partial charge in [0.1, 0.15) is 17.4 Å². The van der Waals surface area contributed by atoms with Crippen LogP contribution in [0.1, 0.15) is 19.8 Å². The molecule has 8 nitrogen and oxygen atoms in total. The summed E-state index contributed by atoms with van der Waals surface area (Å²) in [6.45, 7) is 4.20. The van der Waals surface area contributed by atoms with Crippen molar-refractivity contribution in [3.63, 3.8) is 0 Å². The number of aromatic nitrogens is 3. The van der Waals surface area contributed by atoms with Crippen LogP contribution >= 0.6 is 0 Å². The number of ether oxygens (including phenoxy) is 2. The molecule has 5 rings (SSSR count). The molecule has 4 aromatic rings. The number of rotatable bonds is 7. The van der Waals surface area contributed by atoms with Crippen LogP contribution in [-0.4, -0.2) is 40.8 Å². The predicted molar refractivity (Wildman–Crippen MR) is 123 cm³/mol. The Labute approximate surface area is 186 Å². The molecule has 2 aromatic heterocycles. The first-order valence-electron chi connectivity index (χ1n) is 10.9. The molecule has 1 N–H and O–H groups in total. The monoisotopic (exact) mass is 431 g/mol. The summed E-state index contributed by atoms with van der Waals surface area (Å²) in [5, 5.41) is 3.12. The predicted octanol–water partition coefficient (Wildman–Crippen LogP) is 4.81. The van der Waals surface area contributed by atoms with Crippen molar-refractivity contribution in [1.29, 1.82) is 0 Å². The van der Waals surface area contributed by atoms with E-state index < -0.39 is 0 Å². The van der Waals surface area contributed by atoms with E-state index in [1.165, 1.54) is 0 Å². The van der Waals surface area contributed by atoms with E-state index in [1.54, 1.807) is 12.4 Å². The highest BCUT2D eigenvalue weighted by molar-refractivity contribution is 5.74. The SMILES string of the molecule is CCOc1ccccc1OC1CCCN(c2cncc(Nc3nc4ccccc4o3)n2)C1. The fraction of sp³-hybridized carbons (Fsp3) is 0.292. The molecule has 1 aliphatic rings. The van der Waals surface area contributed by atoms with Gasteiger partial charge in [0.2, 0.25) is 0 Å². The van der Waals surface area contributed by atoms with E-state index in [-0.39, 0.29) is 6.10 Å². The molecule has 0 amide bonds. The average Bonchev–Trinajstić information content (AvgIpc) is 3.23. The van der Waals surface area contributed by atoms with Gasteiger partial charge in [0.05, 0.1) is 25.5 Å². The number of para-hydroxylation sites is 4. The first-order valence-corrected chi connectivity index (χ1v) is 10.9. The van der Waals surface area contributed by atoms with Crippen molar-refractivity contribution in [2.75, 3.05) is 29.9 Å². The number of benzene rings is 2. The van der Waals surface area contributed by atoms with Gasteiger partial charge < -0.3 is 18.8 Å². The summed E-state index contributed by atoms with van der Waals surface area (Å²) >= 11 is 0. The van der Waals surface area contributed by atoms with Gasteiger partial charge in [0.15, 0.2) is 22.9 Å². The highest BCUT2D eigenvalue weighted by atomic mass is 16.5. The second kappa shape index (κ2) is 9.13. The van der Waals surface area contributed by atoms with Gasteiger partial charge >= 0.3 is 6.01 Å². The highest BCUT2D eigenvalue weighted by Gasteiger charge is 2.24. The number of piperidine rings is 1. The zero-order valence-corrected chi connectivity index (χ0v) is 17.9. The fourth-order valence-corrected chi connectivity index (χ4v) is 3.85. The molecule has 1 atom stereocenters. The summed E-state index contributed by atoms with van der Waals surface area (Å²) in [7, 11) is 0. The average molecular weight is 431 g/mol. The van der Waals surface area contributed by atoms with Crippen LogP contribution in [0.25, 0.3) is 11.1 Å². The number of oxazole rings is 1. The van der Waals surface area contributed by atoms with Gasteiger partial charge in [-0.2, -0.15) is 4.98 Å². The molecule has 1 saturated heterocycles. The molecule has 2 aromatic carbocycles. The zero-order chi connectivity index (χ0) is 21.8. The van der Waals surface area contributed by atoms with E-state index in [0.29, 0.717) is 18.4 Å². The summed E-state index contributed by atoms with van der Waals surface area (Å²) in [5.41, 5.74) is 1.52. The van der Waals surface area contributed by atoms with Crippen LogP contribution in [-0.2, 0) is 0 Å². The third-order valence-electron chi connectivity index (χ3n) is 5.30. The number of hydrogen-bond acceptors (Lipinski definition) is 8. The topological polar surface area (TPSA) is 85.5 Å². The van der Waals surface area contributed by atoms with E-state index in [0.717, 1.165) is 54.3 Å². The van der Waals surface area contributed by atoms with Crippen LogP contribution < -0.4 is 19.7 Å². The second-order valence-corrected chi connectivity index (χ2v) is 7.58. The third kappa shape index (κ3) is 4.44. The van der Waals surface area contributed by atoms with Crippen LogP contribution in [0.2, 0.25) is 0 Å². The Morgan fingerprint density at radius 2 is 1.91 bits per heavy atom. The van der Waals surface area contributed by atoms with E-state index >= 15 is 0 Å². The lowest BCUT2D eigenvalue weighted by Gasteiger charge is -2.33. The van der Waals surface area contributed by atoms with Crippen LogP contribution in [0.15, 0.2) is 65.3 Å². The molecule has 1 aliphatic heterocycles. The lowest BCUT2D eigenvalue weighted by molar-refractivity contribution is 0.170. The molecule has 0 radical (unpaired) electrons. The molecule has 0 spiro atoms. The van der Waals surface area contributed by atoms with Crippen LogP contribution in [0.3, 0.4) is 0 Å². The Bertz CT molecular complexity index is 1160. The zero-order valence-electron chi connectivity index (χ0n) is 17.9. The minimum absolute atomic E-state index is 0.0424. The minimum atomic E-state index is 0.0424. The quantitative estimate of drug-likeness (QED) is 0.446. The molecule has 0 bridgehead atoms. The maximum atomic E-state index is 6.29. The van der Waals surface area contributed by atoms with Crippen LogP contribution in [0.5, 0.6) is 11.5 Å². The molecule has 1 fully saturated rings. The standard InChI is InChI=1S/C24H25N5O3/c1-2-30-20-11-5-6-12-21(20)31-17-8-7-13-29(16-17)23-15-25-14-22(27-23)28-24-26-18-9-3-4-10-19(18)32-24/h3-6,9-12,14-15,17H,2,7-8,13,16H2,1H3,(H,26,27,28). The maximum Gasteiger partial charge on any atom is 0.301 e. The van der Waals surface area contributed by atoms with Gasteiger partial charge in [-0.15, -0.1) is 0 Å². The van der Waals surface area contributed by atoms with E-state index in [1.807, 2.05) is 55.5 Å². The molecule has 0 aliphatic carbocycles. The van der Waals surface area contributed by atoms with Crippen molar-refractivity contribution in [3.05, 3.63) is 60.9 Å². The Kier molecular flexibility index (Phi) is 5.74. The van der Waals surface area contributed by atoms with E-state index in [9.17, 15) is 0 Å². The largest absolute Gasteiger partial charge is 0.490 e. The van der Waals surface area contributed by atoms with Gasteiger partial charge in [-0.1, -0.05) is 24.3 Å². The fourth-order valence-electron chi connectivity index (χ4n) is 3.85. The highest BCUT2D eigenvalue weighted by Crippen LogP contribution is 2.30. The summed E-state index contributed by atoms with van der Waals surface area (Å²) < 4.78 is 17.7. The molecule has 164 valence electrons. The smallest absolute Gasteiger partial charge is 0.301 e. The third-order valence-corrected chi connectivity index (χ3v) is 5.30. The van der Waals surface area contributed by atoms with Gasteiger partial charge in [0.25, 0.3) is 0 Å². The van der Waals surface area contributed by atoms with Gasteiger partial charge in [-0.05, 0) is 44.0 Å². The summed E-state index contributed by atoms with van der Waals surface area (Å²) in [6, 6.07) is 15.8. The Morgan fingerprint density at radius 1 is 1.06 bits per heavy atom. The van der Waals surface area contributed by atoms with E-state index in [2.05, 4.69) is 20.2 Å². The van der Waals surface area contributed by atoms with Crippen LogP contribution in [0, 0.1) is 0 Å². The lowest BCUT2D eigenvalue weighted by atomic mass is 10.1. The molecule has 8 heteroatoms. The number of nitrogens with zero attached hydrogens (tertiary/aromatic N) is 4. The normalized spacial score (nSPS) is 16.2.